The molecule has 0 aromatic carbocycles. The minimum Gasteiger partial charge on any atom is -0.465 e. The van der Waals surface area contributed by atoms with Crippen molar-refractivity contribution >= 4 is 5.97 Å². The van der Waals surface area contributed by atoms with Crippen LogP contribution in [0.25, 0.3) is 0 Å². The number of methoxy groups -OCH3 is 1. The Labute approximate surface area is 119 Å². The Balaban J connectivity index is 3.60. The van der Waals surface area contributed by atoms with Crippen LogP contribution >= 0.6 is 0 Å². The SMILES string of the molecule is CCCCCCCC(=O)OCC(CCCC)COC. The molecule has 1 unspecified atom stereocenters. The second-order valence-electron chi connectivity index (χ2n) is 5.31. The molecule has 114 valence electrons. The summed E-state index contributed by atoms with van der Waals surface area (Å²) in [6, 6.07) is 0. The molecule has 1 atom stereocenters. The van der Waals surface area contributed by atoms with Gasteiger partial charge in [0.05, 0.1) is 13.2 Å². The topological polar surface area (TPSA) is 35.5 Å². The van der Waals surface area contributed by atoms with Gasteiger partial charge < -0.3 is 9.47 Å². The normalized spacial score (nSPS) is 12.4. The molecule has 0 rings (SSSR count). The summed E-state index contributed by atoms with van der Waals surface area (Å²) in [5.41, 5.74) is 0. The highest BCUT2D eigenvalue weighted by molar-refractivity contribution is 5.69. The first-order valence-corrected chi connectivity index (χ1v) is 7.89. The third kappa shape index (κ3) is 12.2. The fourth-order valence-corrected chi connectivity index (χ4v) is 2.10. The molecule has 0 spiro atoms. The number of ether oxygens (including phenoxy) is 2. The summed E-state index contributed by atoms with van der Waals surface area (Å²) in [5.74, 6) is 0.308. The van der Waals surface area contributed by atoms with Crippen LogP contribution in [0, 0.1) is 5.92 Å². The number of unbranched alkanes of at least 4 members (excludes halogenated alkanes) is 5. The van der Waals surface area contributed by atoms with Crippen molar-refractivity contribution in [2.75, 3.05) is 20.3 Å². The minimum absolute atomic E-state index is 0.0471. The minimum atomic E-state index is -0.0471. The molecule has 3 heteroatoms. The average Bonchev–Trinajstić information content (AvgIpc) is 2.41. The van der Waals surface area contributed by atoms with Gasteiger partial charge in [0.2, 0.25) is 0 Å². The number of rotatable bonds is 13. The van der Waals surface area contributed by atoms with E-state index in [0.717, 1.165) is 19.3 Å². The first-order valence-electron chi connectivity index (χ1n) is 7.89. The molecule has 19 heavy (non-hydrogen) atoms. The predicted octanol–water partition coefficient (Wildman–Crippen LogP) is 4.34. The molecule has 0 N–H and O–H groups in total. The summed E-state index contributed by atoms with van der Waals surface area (Å²) >= 11 is 0. The van der Waals surface area contributed by atoms with Crippen LogP contribution in [-0.4, -0.2) is 26.3 Å². The number of carbonyl (C=O) groups is 1. The van der Waals surface area contributed by atoms with Gasteiger partial charge in [-0.2, -0.15) is 0 Å². The van der Waals surface area contributed by atoms with Crippen molar-refractivity contribution in [1.82, 2.24) is 0 Å². The van der Waals surface area contributed by atoms with Gasteiger partial charge in [0.15, 0.2) is 0 Å². The number of hydrogen-bond acceptors (Lipinski definition) is 3. The van der Waals surface area contributed by atoms with Gasteiger partial charge in [0.1, 0.15) is 0 Å². The zero-order chi connectivity index (χ0) is 14.3. The van der Waals surface area contributed by atoms with Gasteiger partial charge in [-0.15, -0.1) is 0 Å². The van der Waals surface area contributed by atoms with Crippen LogP contribution in [-0.2, 0) is 14.3 Å². The maximum Gasteiger partial charge on any atom is 0.305 e. The Morgan fingerprint density at radius 2 is 1.63 bits per heavy atom. The number of carbonyl (C=O) groups excluding carboxylic acids is 1. The van der Waals surface area contributed by atoms with E-state index in [-0.39, 0.29) is 5.97 Å². The van der Waals surface area contributed by atoms with Crippen molar-refractivity contribution in [3.8, 4) is 0 Å². The zero-order valence-electron chi connectivity index (χ0n) is 13.1. The van der Waals surface area contributed by atoms with Gasteiger partial charge in [0, 0.05) is 19.4 Å². The lowest BCUT2D eigenvalue weighted by Crippen LogP contribution is -2.18. The second-order valence-corrected chi connectivity index (χ2v) is 5.31. The summed E-state index contributed by atoms with van der Waals surface area (Å²) in [6.45, 7) is 5.57. The monoisotopic (exact) mass is 272 g/mol. The molecule has 0 saturated heterocycles. The standard InChI is InChI=1S/C16H32O3/c1-4-6-8-9-10-12-16(17)19-14-15(13-18-3)11-7-5-2/h15H,4-14H2,1-3H3. The third-order valence-corrected chi connectivity index (χ3v) is 3.33. The summed E-state index contributed by atoms with van der Waals surface area (Å²) in [5, 5.41) is 0. The van der Waals surface area contributed by atoms with Crippen molar-refractivity contribution in [3.05, 3.63) is 0 Å². The van der Waals surface area contributed by atoms with Crippen LogP contribution in [0.15, 0.2) is 0 Å². The number of esters is 1. The molecule has 0 aliphatic rings. The quantitative estimate of drug-likeness (QED) is 0.369. The predicted molar refractivity (Wildman–Crippen MR) is 79.2 cm³/mol. The molecule has 0 aliphatic heterocycles. The third-order valence-electron chi connectivity index (χ3n) is 3.33. The molecule has 0 bridgehead atoms. The van der Waals surface area contributed by atoms with Crippen LogP contribution in [0.1, 0.15) is 71.6 Å². The zero-order valence-corrected chi connectivity index (χ0v) is 13.1. The van der Waals surface area contributed by atoms with Crippen molar-refractivity contribution in [3.63, 3.8) is 0 Å². The smallest absolute Gasteiger partial charge is 0.305 e. The van der Waals surface area contributed by atoms with Crippen molar-refractivity contribution < 1.29 is 14.3 Å². The molecule has 0 aromatic heterocycles. The maximum atomic E-state index is 11.6. The summed E-state index contributed by atoms with van der Waals surface area (Å²) in [4.78, 5) is 11.6. The van der Waals surface area contributed by atoms with Gasteiger partial charge in [-0.3, -0.25) is 4.79 Å². The van der Waals surface area contributed by atoms with E-state index >= 15 is 0 Å². The molecule has 0 radical (unpaired) electrons. The Kier molecular flexibility index (Phi) is 13.4. The molecular weight excluding hydrogens is 240 g/mol. The summed E-state index contributed by atoms with van der Waals surface area (Å²) < 4.78 is 10.5. The molecule has 0 fully saturated rings. The highest BCUT2D eigenvalue weighted by Gasteiger charge is 2.11. The highest BCUT2D eigenvalue weighted by atomic mass is 16.5. The first-order chi connectivity index (χ1) is 9.24. The highest BCUT2D eigenvalue weighted by Crippen LogP contribution is 2.11. The maximum absolute atomic E-state index is 11.6. The Morgan fingerprint density at radius 3 is 2.26 bits per heavy atom. The lowest BCUT2D eigenvalue weighted by atomic mass is 10.0. The number of hydrogen-bond donors (Lipinski definition) is 0. The van der Waals surface area contributed by atoms with E-state index in [2.05, 4.69) is 13.8 Å². The van der Waals surface area contributed by atoms with Crippen LogP contribution in [0.5, 0.6) is 0 Å². The molecule has 0 heterocycles. The first kappa shape index (κ1) is 18.4. The van der Waals surface area contributed by atoms with Crippen molar-refractivity contribution in [2.24, 2.45) is 5.92 Å². The van der Waals surface area contributed by atoms with Crippen LogP contribution < -0.4 is 0 Å². The van der Waals surface area contributed by atoms with Gasteiger partial charge in [0.25, 0.3) is 0 Å². The van der Waals surface area contributed by atoms with Crippen LogP contribution in [0.3, 0.4) is 0 Å². The molecule has 0 amide bonds. The molecule has 0 aliphatic carbocycles. The Hall–Kier alpha value is -0.570. The van der Waals surface area contributed by atoms with Gasteiger partial charge in [-0.05, 0) is 12.8 Å². The molecule has 3 nitrogen and oxygen atoms in total. The Morgan fingerprint density at radius 1 is 0.947 bits per heavy atom. The van der Waals surface area contributed by atoms with Crippen LogP contribution in [0.4, 0.5) is 0 Å². The van der Waals surface area contributed by atoms with E-state index in [9.17, 15) is 4.79 Å². The largest absolute Gasteiger partial charge is 0.465 e. The molecule has 0 saturated carbocycles. The van der Waals surface area contributed by atoms with E-state index in [1.807, 2.05) is 0 Å². The fourth-order valence-electron chi connectivity index (χ4n) is 2.10. The van der Waals surface area contributed by atoms with E-state index in [4.69, 9.17) is 9.47 Å². The van der Waals surface area contributed by atoms with Crippen molar-refractivity contribution in [1.29, 1.82) is 0 Å². The molecular formula is C16H32O3. The summed E-state index contributed by atoms with van der Waals surface area (Å²) in [6.07, 6.45) is 9.82. The molecule has 0 aromatic rings. The van der Waals surface area contributed by atoms with Gasteiger partial charge in [-0.25, -0.2) is 0 Å². The fraction of sp³-hybridized carbons (Fsp3) is 0.938. The van der Waals surface area contributed by atoms with E-state index in [1.165, 1.54) is 32.1 Å². The Bertz CT molecular complexity index is 204. The van der Waals surface area contributed by atoms with E-state index < -0.39 is 0 Å². The lowest BCUT2D eigenvalue weighted by Gasteiger charge is -2.15. The van der Waals surface area contributed by atoms with Gasteiger partial charge >= 0.3 is 5.97 Å². The van der Waals surface area contributed by atoms with E-state index in [1.54, 1.807) is 7.11 Å². The van der Waals surface area contributed by atoms with E-state index in [0.29, 0.717) is 25.6 Å². The van der Waals surface area contributed by atoms with Gasteiger partial charge in [-0.1, -0.05) is 52.4 Å². The van der Waals surface area contributed by atoms with Crippen LogP contribution in [0.2, 0.25) is 0 Å². The average molecular weight is 272 g/mol. The lowest BCUT2D eigenvalue weighted by molar-refractivity contribution is -0.145. The summed E-state index contributed by atoms with van der Waals surface area (Å²) in [7, 11) is 1.70. The second kappa shape index (κ2) is 13.9. The van der Waals surface area contributed by atoms with Crippen molar-refractivity contribution in [2.45, 2.75) is 71.6 Å².